The van der Waals surface area contributed by atoms with Crippen LogP contribution in [0.5, 0.6) is 0 Å². The molecule has 2 heterocycles. The Morgan fingerprint density at radius 3 is 1.49 bits per heavy atom. The molecule has 6 nitrogen and oxygen atoms in total. The maximum Gasteiger partial charge on any atom is 0.163 e. The van der Waals surface area contributed by atoms with E-state index in [1.165, 1.54) is 51.4 Å². The van der Waals surface area contributed by atoms with Crippen molar-refractivity contribution < 1.29 is 28.4 Å². The van der Waals surface area contributed by atoms with Gasteiger partial charge >= 0.3 is 0 Å². The van der Waals surface area contributed by atoms with Gasteiger partial charge in [-0.15, -0.1) is 0 Å². The second-order valence-electron chi connectivity index (χ2n) is 13.9. The zero-order valence-corrected chi connectivity index (χ0v) is 27.8. The van der Waals surface area contributed by atoms with Crippen LogP contribution in [0.3, 0.4) is 0 Å². The van der Waals surface area contributed by atoms with Crippen LogP contribution >= 0.6 is 31.9 Å². The number of alkyl halides is 2. The Morgan fingerprint density at radius 1 is 0.667 bits per heavy atom. The van der Waals surface area contributed by atoms with Crippen molar-refractivity contribution >= 4 is 31.9 Å². The van der Waals surface area contributed by atoms with Gasteiger partial charge in [-0.3, -0.25) is 0 Å². The van der Waals surface area contributed by atoms with Crippen molar-refractivity contribution in [2.75, 3.05) is 39.6 Å². The molecule has 0 spiro atoms. The zero-order chi connectivity index (χ0) is 27.7. The molecular weight excluding hydrogens is 628 g/mol. The van der Waals surface area contributed by atoms with Gasteiger partial charge in [0.25, 0.3) is 0 Å². The van der Waals surface area contributed by atoms with E-state index in [0.29, 0.717) is 41.5 Å². The second-order valence-corrected chi connectivity index (χ2v) is 16.4. The van der Waals surface area contributed by atoms with Crippen molar-refractivity contribution in [3.63, 3.8) is 0 Å². The van der Waals surface area contributed by atoms with Crippen LogP contribution in [0.1, 0.15) is 91.9 Å². The van der Waals surface area contributed by atoms with Crippen LogP contribution in [-0.2, 0) is 28.4 Å². The van der Waals surface area contributed by atoms with Gasteiger partial charge in [-0.1, -0.05) is 31.9 Å². The summed E-state index contributed by atoms with van der Waals surface area (Å²) in [5.41, 5.74) is 0.380. The SMILES string of the molecule is CC1(C)OCC(COCCCC2(CCCOCC3COC(C)(C)O3)C3CC(Br)CCC3C3CCC(Br)CC32)O1. The first-order valence-electron chi connectivity index (χ1n) is 15.6. The Balaban J connectivity index is 1.20. The Bertz CT molecular complexity index is 729. The third-order valence-electron chi connectivity index (χ3n) is 10.3. The molecule has 0 amide bonds. The van der Waals surface area contributed by atoms with Gasteiger partial charge in [0.05, 0.1) is 26.4 Å². The van der Waals surface area contributed by atoms with E-state index in [1.807, 2.05) is 27.7 Å². The van der Waals surface area contributed by atoms with Crippen molar-refractivity contribution in [1.82, 2.24) is 0 Å². The Hall–Kier alpha value is 0.720. The van der Waals surface area contributed by atoms with E-state index in [-0.39, 0.29) is 12.2 Å². The molecule has 8 unspecified atom stereocenters. The molecule has 5 fully saturated rings. The molecule has 0 aromatic rings. The Morgan fingerprint density at radius 2 is 1.10 bits per heavy atom. The van der Waals surface area contributed by atoms with Crippen molar-refractivity contribution in [2.45, 2.75) is 125 Å². The van der Waals surface area contributed by atoms with Gasteiger partial charge in [0, 0.05) is 22.9 Å². The number of rotatable bonds is 12. The van der Waals surface area contributed by atoms with Gasteiger partial charge in [-0.25, -0.2) is 0 Å². The second kappa shape index (κ2) is 13.2. The molecule has 3 saturated carbocycles. The Kier molecular flexibility index (Phi) is 10.5. The average Bonchev–Trinajstić information content (AvgIpc) is 3.49. The summed E-state index contributed by atoms with van der Waals surface area (Å²) in [6.07, 6.45) is 13.0. The minimum atomic E-state index is -0.485. The van der Waals surface area contributed by atoms with Gasteiger partial charge in [0.2, 0.25) is 0 Å². The first-order valence-corrected chi connectivity index (χ1v) is 17.5. The summed E-state index contributed by atoms with van der Waals surface area (Å²) in [4.78, 5) is 1.33. The highest BCUT2D eigenvalue weighted by Gasteiger charge is 2.60. The summed E-state index contributed by atoms with van der Waals surface area (Å²) in [5, 5.41) is 0. The van der Waals surface area contributed by atoms with E-state index in [4.69, 9.17) is 28.4 Å². The van der Waals surface area contributed by atoms with E-state index in [9.17, 15) is 0 Å². The van der Waals surface area contributed by atoms with Gasteiger partial charge in [0.15, 0.2) is 11.6 Å². The summed E-state index contributed by atoms with van der Waals surface area (Å²) >= 11 is 8.11. The summed E-state index contributed by atoms with van der Waals surface area (Å²) < 4.78 is 35.7. The molecule has 0 bridgehead atoms. The normalized spacial score (nSPS) is 42.9. The molecule has 39 heavy (non-hydrogen) atoms. The predicted octanol–water partition coefficient (Wildman–Crippen LogP) is 7.24. The number of halogens is 2. The Labute approximate surface area is 253 Å². The van der Waals surface area contributed by atoms with Crippen molar-refractivity contribution in [3.8, 4) is 0 Å². The molecule has 8 heteroatoms. The first-order chi connectivity index (χ1) is 18.6. The molecule has 5 rings (SSSR count). The lowest BCUT2D eigenvalue weighted by atomic mass is 9.61. The largest absolute Gasteiger partial charge is 0.379 e. The van der Waals surface area contributed by atoms with Crippen molar-refractivity contribution in [2.24, 2.45) is 29.1 Å². The molecule has 0 aromatic heterocycles. The van der Waals surface area contributed by atoms with Gasteiger partial charge in [0.1, 0.15) is 12.2 Å². The van der Waals surface area contributed by atoms with Crippen molar-refractivity contribution in [3.05, 3.63) is 0 Å². The topological polar surface area (TPSA) is 55.4 Å². The maximum absolute atomic E-state index is 6.17. The van der Waals surface area contributed by atoms with Crippen LogP contribution in [0, 0.1) is 29.1 Å². The monoisotopic (exact) mass is 678 g/mol. The van der Waals surface area contributed by atoms with Crippen LogP contribution in [-0.4, -0.2) is 73.1 Å². The number of hydrogen-bond acceptors (Lipinski definition) is 6. The highest BCUT2D eigenvalue weighted by Crippen LogP contribution is 2.67. The van der Waals surface area contributed by atoms with E-state index >= 15 is 0 Å². The van der Waals surface area contributed by atoms with E-state index in [0.717, 1.165) is 49.7 Å². The molecule has 3 aliphatic carbocycles. The lowest BCUT2D eigenvalue weighted by Gasteiger charge is -2.45. The van der Waals surface area contributed by atoms with Gasteiger partial charge in [-0.2, -0.15) is 0 Å². The quantitative estimate of drug-likeness (QED) is 0.160. The molecule has 2 saturated heterocycles. The maximum atomic E-state index is 6.17. The minimum absolute atomic E-state index is 0.0474. The minimum Gasteiger partial charge on any atom is -0.379 e. The smallest absolute Gasteiger partial charge is 0.163 e. The summed E-state index contributed by atoms with van der Waals surface area (Å²) in [6, 6.07) is 0. The lowest BCUT2D eigenvalue weighted by Crippen LogP contribution is -2.39. The van der Waals surface area contributed by atoms with Crippen molar-refractivity contribution in [1.29, 1.82) is 0 Å². The summed E-state index contributed by atoms with van der Waals surface area (Å²) in [7, 11) is 0. The third kappa shape index (κ3) is 7.63. The highest BCUT2D eigenvalue weighted by molar-refractivity contribution is 9.09. The summed E-state index contributed by atoms with van der Waals surface area (Å²) in [5.74, 6) is 2.43. The molecule has 8 atom stereocenters. The number of fused-ring (bicyclic) bond motifs is 3. The van der Waals surface area contributed by atoms with Crippen LogP contribution < -0.4 is 0 Å². The third-order valence-corrected chi connectivity index (χ3v) is 12.0. The lowest BCUT2D eigenvalue weighted by molar-refractivity contribution is -0.145. The van der Waals surface area contributed by atoms with E-state index in [1.54, 1.807) is 0 Å². The molecular formula is C31H52Br2O6. The predicted molar refractivity (Wildman–Crippen MR) is 159 cm³/mol. The van der Waals surface area contributed by atoms with E-state index in [2.05, 4.69) is 31.9 Å². The summed E-state index contributed by atoms with van der Waals surface area (Å²) in [6.45, 7) is 12.0. The zero-order valence-electron chi connectivity index (χ0n) is 24.6. The first kappa shape index (κ1) is 31.2. The van der Waals surface area contributed by atoms with Crippen LogP contribution in [0.4, 0.5) is 0 Å². The highest BCUT2D eigenvalue weighted by atomic mass is 79.9. The van der Waals surface area contributed by atoms with Crippen LogP contribution in [0.25, 0.3) is 0 Å². The average molecular weight is 681 g/mol. The molecule has 5 aliphatic rings. The number of ether oxygens (including phenoxy) is 6. The fraction of sp³-hybridized carbons (Fsp3) is 1.00. The molecule has 0 aromatic carbocycles. The van der Waals surface area contributed by atoms with Crippen LogP contribution in [0.15, 0.2) is 0 Å². The van der Waals surface area contributed by atoms with Gasteiger partial charge in [-0.05, 0) is 121 Å². The standard InChI is InChI=1S/C31H52Br2O6/c1-29(2)36-19-23(38-29)17-34-13-5-11-31(12-6-14-35-18-24-20-37-30(3,4)39-24)27-15-21(32)7-9-25(27)26-10-8-22(33)16-28(26)31/h21-28H,5-20H2,1-4H3. The molecule has 0 radical (unpaired) electrons. The molecule has 0 N–H and O–H groups in total. The van der Waals surface area contributed by atoms with Gasteiger partial charge < -0.3 is 28.4 Å². The van der Waals surface area contributed by atoms with E-state index < -0.39 is 11.6 Å². The number of hydrogen-bond donors (Lipinski definition) is 0. The molecule has 2 aliphatic heterocycles. The molecule has 226 valence electrons. The van der Waals surface area contributed by atoms with Crippen LogP contribution in [0.2, 0.25) is 0 Å². The fourth-order valence-electron chi connectivity index (χ4n) is 8.90. The fourth-order valence-corrected chi connectivity index (χ4v) is 10.2.